The number of H-pyrrole nitrogens is 1. The molecule has 2 N–H and O–H groups in total. The SMILES string of the molecule is Ic1ccccc1-c1cc(-c2ccc(Nc3ccccc3)cc2)c2[nH]c3ccccc3c2c1. The van der Waals surface area contributed by atoms with Crippen molar-refractivity contribution < 1.29 is 0 Å². The third-order valence-electron chi connectivity index (χ3n) is 6.06. The molecule has 3 heteroatoms. The van der Waals surface area contributed by atoms with E-state index in [1.165, 1.54) is 42.1 Å². The first-order valence-electron chi connectivity index (χ1n) is 11.0. The summed E-state index contributed by atoms with van der Waals surface area (Å²) in [5.74, 6) is 0. The Morgan fingerprint density at radius 2 is 1.24 bits per heavy atom. The van der Waals surface area contributed by atoms with Gasteiger partial charge in [0.25, 0.3) is 0 Å². The first kappa shape index (κ1) is 20.1. The highest BCUT2D eigenvalue weighted by molar-refractivity contribution is 14.1. The molecular weight excluding hydrogens is 515 g/mol. The van der Waals surface area contributed by atoms with Gasteiger partial charge in [0.1, 0.15) is 0 Å². The molecule has 6 rings (SSSR count). The molecule has 0 saturated heterocycles. The van der Waals surface area contributed by atoms with E-state index in [4.69, 9.17) is 0 Å². The second-order valence-electron chi connectivity index (χ2n) is 8.17. The predicted octanol–water partition coefficient (Wildman–Crippen LogP) is 9.00. The van der Waals surface area contributed by atoms with Gasteiger partial charge in [-0.15, -0.1) is 0 Å². The summed E-state index contributed by atoms with van der Waals surface area (Å²) in [5.41, 5.74) is 9.40. The van der Waals surface area contributed by atoms with Gasteiger partial charge < -0.3 is 10.3 Å². The Balaban J connectivity index is 1.52. The highest BCUT2D eigenvalue weighted by Gasteiger charge is 2.14. The van der Waals surface area contributed by atoms with E-state index in [2.05, 4.69) is 130 Å². The number of anilines is 2. The van der Waals surface area contributed by atoms with Crippen molar-refractivity contribution in [2.75, 3.05) is 5.32 Å². The van der Waals surface area contributed by atoms with Crippen LogP contribution in [0.15, 0.2) is 115 Å². The molecular formula is C30H21IN2. The maximum absolute atomic E-state index is 3.68. The molecule has 2 nitrogen and oxygen atoms in total. The molecule has 0 atom stereocenters. The van der Waals surface area contributed by atoms with E-state index in [-0.39, 0.29) is 0 Å². The summed E-state index contributed by atoms with van der Waals surface area (Å²) in [6, 6.07) is 40.7. The average Bonchev–Trinajstić information content (AvgIpc) is 3.24. The number of rotatable bonds is 4. The van der Waals surface area contributed by atoms with E-state index in [1.54, 1.807) is 0 Å². The van der Waals surface area contributed by atoms with Crippen molar-refractivity contribution in [1.29, 1.82) is 0 Å². The van der Waals surface area contributed by atoms with Gasteiger partial charge in [0.15, 0.2) is 0 Å². The normalized spacial score (nSPS) is 11.2. The number of nitrogens with one attached hydrogen (secondary N) is 2. The van der Waals surface area contributed by atoms with Crippen LogP contribution in [0, 0.1) is 3.57 Å². The Hall–Kier alpha value is -3.57. The van der Waals surface area contributed by atoms with Crippen LogP contribution in [0.25, 0.3) is 44.1 Å². The minimum absolute atomic E-state index is 1.08. The van der Waals surface area contributed by atoms with Crippen LogP contribution in [-0.4, -0.2) is 4.98 Å². The fourth-order valence-corrected chi connectivity index (χ4v) is 5.15. The number of aromatic nitrogens is 1. The van der Waals surface area contributed by atoms with Crippen molar-refractivity contribution in [1.82, 2.24) is 4.98 Å². The van der Waals surface area contributed by atoms with Gasteiger partial charge in [-0.3, -0.25) is 0 Å². The van der Waals surface area contributed by atoms with E-state index in [9.17, 15) is 0 Å². The summed E-state index contributed by atoms with van der Waals surface area (Å²) in [6.45, 7) is 0. The van der Waals surface area contributed by atoms with Crippen LogP contribution >= 0.6 is 22.6 Å². The first-order valence-corrected chi connectivity index (χ1v) is 12.1. The Morgan fingerprint density at radius 3 is 2.06 bits per heavy atom. The van der Waals surface area contributed by atoms with Gasteiger partial charge in [-0.25, -0.2) is 0 Å². The van der Waals surface area contributed by atoms with Gasteiger partial charge in [-0.05, 0) is 87.8 Å². The zero-order chi connectivity index (χ0) is 22.2. The molecule has 158 valence electrons. The fraction of sp³-hybridized carbons (Fsp3) is 0. The second-order valence-corrected chi connectivity index (χ2v) is 9.33. The average molecular weight is 536 g/mol. The minimum atomic E-state index is 1.08. The Morgan fingerprint density at radius 1 is 0.545 bits per heavy atom. The van der Waals surface area contributed by atoms with Crippen molar-refractivity contribution in [3.05, 3.63) is 119 Å². The summed E-state index contributed by atoms with van der Waals surface area (Å²) in [6.07, 6.45) is 0. The molecule has 0 saturated carbocycles. The smallest absolute Gasteiger partial charge is 0.0544 e. The van der Waals surface area contributed by atoms with Crippen LogP contribution < -0.4 is 5.32 Å². The first-order chi connectivity index (χ1) is 16.3. The number of halogens is 1. The lowest BCUT2D eigenvalue weighted by molar-refractivity contribution is 1.52. The van der Waals surface area contributed by atoms with E-state index >= 15 is 0 Å². The van der Waals surface area contributed by atoms with E-state index < -0.39 is 0 Å². The van der Waals surface area contributed by atoms with Crippen LogP contribution in [0.5, 0.6) is 0 Å². The lowest BCUT2D eigenvalue weighted by Crippen LogP contribution is -1.90. The largest absolute Gasteiger partial charge is 0.356 e. The van der Waals surface area contributed by atoms with Gasteiger partial charge in [0.2, 0.25) is 0 Å². The van der Waals surface area contributed by atoms with Crippen LogP contribution in [-0.2, 0) is 0 Å². The number of fused-ring (bicyclic) bond motifs is 3. The van der Waals surface area contributed by atoms with Crippen molar-refractivity contribution in [2.24, 2.45) is 0 Å². The zero-order valence-electron chi connectivity index (χ0n) is 17.8. The molecule has 5 aromatic carbocycles. The van der Waals surface area contributed by atoms with Gasteiger partial charge >= 0.3 is 0 Å². The van der Waals surface area contributed by atoms with Gasteiger partial charge in [0, 0.05) is 36.8 Å². The standard InChI is InChI=1S/C30H21IN2/c31-28-12-6-4-10-24(28)21-18-26(30-27(19-21)25-11-5-7-13-29(25)33-30)20-14-16-23(17-15-20)32-22-8-2-1-3-9-22/h1-19,32-33H. The van der Waals surface area contributed by atoms with E-state index in [0.29, 0.717) is 0 Å². The third kappa shape index (κ3) is 3.79. The molecule has 0 radical (unpaired) electrons. The van der Waals surface area contributed by atoms with Crippen molar-refractivity contribution in [3.8, 4) is 22.3 Å². The van der Waals surface area contributed by atoms with Gasteiger partial charge in [-0.1, -0.05) is 66.7 Å². The number of para-hydroxylation sites is 2. The quantitative estimate of drug-likeness (QED) is 0.216. The summed E-state index contributed by atoms with van der Waals surface area (Å²) >= 11 is 2.43. The predicted molar refractivity (Wildman–Crippen MR) is 149 cm³/mol. The topological polar surface area (TPSA) is 27.8 Å². The summed E-state index contributed by atoms with van der Waals surface area (Å²) in [5, 5.41) is 5.98. The Labute approximate surface area is 206 Å². The van der Waals surface area contributed by atoms with Gasteiger partial charge in [0.05, 0.1) is 5.52 Å². The maximum Gasteiger partial charge on any atom is 0.0544 e. The Kier molecular flexibility index (Phi) is 5.11. The number of aromatic amines is 1. The molecule has 0 unspecified atom stereocenters. The molecule has 1 heterocycles. The molecule has 6 aromatic rings. The molecule has 0 aliphatic rings. The zero-order valence-corrected chi connectivity index (χ0v) is 20.0. The summed E-state index contributed by atoms with van der Waals surface area (Å²) in [7, 11) is 0. The summed E-state index contributed by atoms with van der Waals surface area (Å²) < 4.78 is 1.25. The maximum atomic E-state index is 3.68. The van der Waals surface area contributed by atoms with Gasteiger partial charge in [-0.2, -0.15) is 0 Å². The number of benzene rings is 5. The lowest BCUT2D eigenvalue weighted by Gasteiger charge is -2.12. The highest BCUT2D eigenvalue weighted by Crippen LogP contribution is 2.38. The molecule has 1 aromatic heterocycles. The molecule has 0 spiro atoms. The Bertz CT molecular complexity index is 1580. The summed E-state index contributed by atoms with van der Waals surface area (Å²) in [4.78, 5) is 3.68. The van der Waals surface area contributed by atoms with Crippen molar-refractivity contribution in [2.45, 2.75) is 0 Å². The molecule has 0 fully saturated rings. The second kappa shape index (κ2) is 8.41. The van der Waals surface area contributed by atoms with E-state index in [0.717, 1.165) is 16.9 Å². The molecule has 0 bridgehead atoms. The fourth-order valence-electron chi connectivity index (χ4n) is 4.45. The molecule has 0 amide bonds. The minimum Gasteiger partial charge on any atom is -0.356 e. The molecule has 33 heavy (non-hydrogen) atoms. The third-order valence-corrected chi connectivity index (χ3v) is 7.00. The van der Waals surface area contributed by atoms with Crippen molar-refractivity contribution >= 4 is 55.8 Å². The van der Waals surface area contributed by atoms with Crippen LogP contribution in [0.2, 0.25) is 0 Å². The lowest BCUT2D eigenvalue weighted by atomic mass is 9.95. The molecule has 0 aliphatic heterocycles. The van der Waals surface area contributed by atoms with Crippen molar-refractivity contribution in [3.63, 3.8) is 0 Å². The monoisotopic (exact) mass is 536 g/mol. The van der Waals surface area contributed by atoms with Crippen LogP contribution in [0.3, 0.4) is 0 Å². The van der Waals surface area contributed by atoms with E-state index in [1.807, 2.05) is 18.2 Å². The number of hydrogen-bond acceptors (Lipinski definition) is 1. The molecule has 0 aliphatic carbocycles. The highest BCUT2D eigenvalue weighted by atomic mass is 127. The van der Waals surface area contributed by atoms with Crippen LogP contribution in [0.1, 0.15) is 0 Å². The van der Waals surface area contributed by atoms with Crippen LogP contribution in [0.4, 0.5) is 11.4 Å². The number of hydrogen-bond donors (Lipinski definition) is 2.